The van der Waals surface area contributed by atoms with E-state index in [0.29, 0.717) is 16.3 Å². The summed E-state index contributed by atoms with van der Waals surface area (Å²) in [4.78, 5) is 12.4. The topological polar surface area (TPSA) is 67.0 Å². The van der Waals surface area contributed by atoms with E-state index < -0.39 is 0 Å². The molecular weight excluding hydrogens is 290 g/mol. The number of hydrogen-bond donors (Lipinski definition) is 2. The largest absolute Gasteiger partial charge is 0.497 e. The summed E-state index contributed by atoms with van der Waals surface area (Å²) in [7, 11) is 1.55. The second-order valence-corrected chi connectivity index (χ2v) is 5.54. The zero-order valence-corrected chi connectivity index (χ0v) is 12.4. The summed E-state index contributed by atoms with van der Waals surface area (Å²) in [5.74, 6) is 0.404. The summed E-state index contributed by atoms with van der Waals surface area (Å²) in [5.41, 5.74) is 2.67. The summed E-state index contributed by atoms with van der Waals surface area (Å²) >= 11 is 6.00. The van der Waals surface area contributed by atoms with Crippen molar-refractivity contribution in [1.82, 2.24) is 15.5 Å². The molecule has 2 N–H and O–H groups in total. The van der Waals surface area contributed by atoms with E-state index in [1.807, 2.05) is 6.20 Å². The first kappa shape index (κ1) is 13.9. The standard InChI is InChI=1S/C15H16ClN3O2/c1-21-12-6-10(5-11(16)7-12)15(20)18-13-4-2-3-9-8-17-19-14(9)13/h5-8,13H,2-4H2,1H3,(H,17,19)(H,18,20). The third-order valence-electron chi connectivity index (χ3n) is 3.71. The number of aromatic amines is 1. The van der Waals surface area contributed by atoms with Gasteiger partial charge in [-0.3, -0.25) is 9.89 Å². The number of halogens is 1. The molecule has 0 fully saturated rings. The second-order valence-electron chi connectivity index (χ2n) is 5.11. The van der Waals surface area contributed by atoms with Crippen LogP contribution in [0.25, 0.3) is 0 Å². The number of aryl methyl sites for hydroxylation is 1. The summed E-state index contributed by atoms with van der Waals surface area (Å²) in [6.45, 7) is 0. The average molecular weight is 306 g/mol. The summed E-state index contributed by atoms with van der Waals surface area (Å²) < 4.78 is 5.14. The fourth-order valence-electron chi connectivity index (χ4n) is 2.66. The molecule has 1 aliphatic rings. The molecule has 2 aromatic rings. The molecule has 1 aromatic carbocycles. The van der Waals surface area contributed by atoms with E-state index in [9.17, 15) is 4.79 Å². The minimum absolute atomic E-state index is 0.0336. The maximum atomic E-state index is 12.4. The van der Waals surface area contributed by atoms with Crippen LogP contribution < -0.4 is 10.1 Å². The van der Waals surface area contributed by atoms with Gasteiger partial charge in [-0.2, -0.15) is 5.10 Å². The van der Waals surface area contributed by atoms with Gasteiger partial charge in [-0.25, -0.2) is 0 Å². The first-order valence-electron chi connectivity index (χ1n) is 6.85. The van der Waals surface area contributed by atoms with Crippen molar-refractivity contribution in [3.63, 3.8) is 0 Å². The molecule has 110 valence electrons. The van der Waals surface area contributed by atoms with Crippen LogP contribution in [0.1, 0.15) is 40.5 Å². The molecule has 6 heteroatoms. The molecule has 1 amide bonds. The highest BCUT2D eigenvalue weighted by atomic mass is 35.5. The van der Waals surface area contributed by atoms with Crippen molar-refractivity contribution in [2.45, 2.75) is 25.3 Å². The average Bonchev–Trinajstić information content (AvgIpc) is 2.96. The summed E-state index contributed by atoms with van der Waals surface area (Å²) in [5, 5.41) is 10.5. The number of ether oxygens (including phenoxy) is 1. The fraction of sp³-hybridized carbons (Fsp3) is 0.333. The molecule has 0 saturated carbocycles. The monoisotopic (exact) mass is 305 g/mol. The van der Waals surface area contributed by atoms with Gasteiger partial charge in [-0.05, 0) is 43.0 Å². The van der Waals surface area contributed by atoms with Crippen molar-refractivity contribution in [2.75, 3.05) is 7.11 Å². The van der Waals surface area contributed by atoms with Crippen molar-refractivity contribution in [2.24, 2.45) is 0 Å². The van der Waals surface area contributed by atoms with E-state index in [4.69, 9.17) is 16.3 Å². The van der Waals surface area contributed by atoms with E-state index in [1.165, 1.54) is 5.56 Å². The van der Waals surface area contributed by atoms with Crippen LogP contribution in [0.4, 0.5) is 0 Å². The molecule has 0 saturated heterocycles. The lowest BCUT2D eigenvalue weighted by atomic mass is 9.93. The SMILES string of the molecule is COc1cc(Cl)cc(C(=O)NC2CCCc3cn[nH]c32)c1. The van der Waals surface area contributed by atoms with Crippen LogP contribution in [0.3, 0.4) is 0 Å². The molecule has 1 aromatic heterocycles. The molecule has 1 atom stereocenters. The van der Waals surface area contributed by atoms with Gasteiger partial charge in [0.1, 0.15) is 5.75 Å². The number of benzene rings is 1. The van der Waals surface area contributed by atoms with Crippen molar-refractivity contribution in [3.05, 3.63) is 46.2 Å². The normalized spacial score (nSPS) is 17.1. The van der Waals surface area contributed by atoms with Gasteiger partial charge in [0, 0.05) is 10.6 Å². The number of nitrogens with one attached hydrogen (secondary N) is 2. The molecule has 0 spiro atoms. The first-order valence-corrected chi connectivity index (χ1v) is 7.23. The van der Waals surface area contributed by atoms with Crippen LogP contribution in [0.15, 0.2) is 24.4 Å². The Morgan fingerprint density at radius 3 is 3.14 bits per heavy atom. The predicted octanol–water partition coefficient (Wildman–Crippen LogP) is 2.88. The first-order chi connectivity index (χ1) is 10.2. The molecule has 5 nitrogen and oxygen atoms in total. The molecular formula is C15H16ClN3O2. The Morgan fingerprint density at radius 2 is 2.33 bits per heavy atom. The van der Waals surface area contributed by atoms with E-state index >= 15 is 0 Å². The van der Waals surface area contributed by atoms with Crippen molar-refractivity contribution in [3.8, 4) is 5.75 Å². The Kier molecular flexibility index (Phi) is 3.84. The zero-order valence-electron chi connectivity index (χ0n) is 11.6. The van der Waals surface area contributed by atoms with Crippen LogP contribution in [0, 0.1) is 0 Å². The quantitative estimate of drug-likeness (QED) is 0.916. The number of nitrogens with zero attached hydrogens (tertiary/aromatic N) is 1. The smallest absolute Gasteiger partial charge is 0.252 e. The Hall–Kier alpha value is -2.01. The Bertz CT molecular complexity index is 669. The Balaban J connectivity index is 1.80. The predicted molar refractivity (Wildman–Crippen MR) is 79.7 cm³/mol. The van der Waals surface area contributed by atoms with Gasteiger partial charge in [0.15, 0.2) is 0 Å². The molecule has 21 heavy (non-hydrogen) atoms. The zero-order chi connectivity index (χ0) is 14.8. The van der Waals surface area contributed by atoms with Gasteiger partial charge in [0.05, 0.1) is 25.0 Å². The number of amides is 1. The molecule has 1 aliphatic carbocycles. The minimum Gasteiger partial charge on any atom is -0.497 e. The van der Waals surface area contributed by atoms with Crippen molar-refractivity contribution < 1.29 is 9.53 Å². The molecule has 3 rings (SSSR count). The summed E-state index contributed by atoms with van der Waals surface area (Å²) in [6.07, 6.45) is 4.77. The lowest BCUT2D eigenvalue weighted by Gasteiger charge is -2.23. The van der Waals surface area contributed by atoms with Crippen LogP contribution in [-0.4, -0.2) is 23.2 Å². The lowest BCUT2D eigenvalue weighted by molar-refractivity contribution is 0.0931. The van der Waals surface area contributed by atoms with Gasteiger partial charge in [-0.1, -0.05) is 11.6 Å². The number of rotatable bonds is 3. The Morgan fingerprint density at radius 1 is 1.48 bits per heavy atom. The van der Waals surface area contributed by atoms with Crippen molar-refractivity contribution in [1.29, 1.82) is 0 Å². The second kappa shape index (κ2) is 5.77. The number of fused-ring (bicyclic) bond motifs is 1. The highest BCUT2D eigenvalue weighted by molar-refractivity contribution is 6.31. The van der Waals surface area contributed by atoms with Crippen LogP contribution in [0.5, 0.6) is 5.75 Å². The van der Waals surface area contributed by atoms with E-state index in [0.717, 1.165) is 25.0 Å². The van der Waals surface area contributed by atoms with Gasteiger partial charge >= 0.3 is 0 Å². The Labute approximate surface area is 127 Å². The number of H-pyrrole nitrogens is 1. The molecule has 0 radical (unpaired) electrons. The number of methoxy groups -OCH3 is 1. The molecule has 0 aliphatic heterocycles. The molecule has 0 bridgehead atoms. The van der Waals surface area contributed by atoms with E-state index in [2.05, 4.69) is 15.5 Å². The van der Waals surface area contributed by atoms with Crippen molar-refractivity contribution >= 4 is 17.5 Å². The highest BCUT2D eigenvalue weighted by Gasteiger charge is 2.24. The van der Waals surface area contributed by atoms with Crippen LogP contribution >= 0.6 is 11.6 Å². The number of carbonyl (C=O) groups excluding carboxylic acids is 1. The number of carbonyl (C=O) groups is 1. The fourth-order valence-corrected chi connectivity index (χ4v) is 2.89. The number of aromatic nitrogens is 2. The van der Waals surface area contributed by atoms with E-state index in [1.54, 1.807) is 25.3 Å². The third kappa shape index (κ3) is 2.88. The van der Waals surface area contributed by atoms with E-state index in [-0.39, 0.29) is 11.9 Å². The number of hydrogen-bond acceptors (Lipinski definition) is 3. The lowest BCUT2D eigenvalue weighted by Crippen LogP contribution is -2.31. The minimum atomic E-state index is -0.164. The maximum absolute atomic E-state index is 12.4. The van der Waals surface area contributed by atoms with Crippen LogP contribution in [0.2, 0.25) is 5.02 Å². The third-order valence-corrected chi connectivity index (χ3v) is 3.93. The highest BCUT2D eigenvalue weighted by Crippen LogP contribution is 2.28. The van der Waals surface area contributed by atoms with Gasteiger partial charge < -0.3 is 10.1 Å². The maximum Gasteiger partial charge on any atom is 0.252 e. The van der Waals surface area contributed by atoms with Gasteiger partial charge in [0.25, 0.3) is 5.91 Å². The van der Waals surface area contributed by atoms with Gasteiger partial charge in [0.2, 0.25) is 0 Å². The summed E-state index contributed by atoms with van der Waals surface area (Å²) in [6, 6.07) is 4.95. The van der Waals surface area contributed by atoms with Crippen LogP contribution in [-0.2, 0) is 6.42 Å². The van der Waals surface area contributed by atoms with Gasteiger partial charge in [-0.15, -0.1) is 0 Å². The molecule has 1 unspecified atom stereocenters. The molecule has 1 heterocycles.